The van der Waals surface area contributed by atoms with Gasteiger partial charge in [-0.15, -0.1) is 0 Å². The second-order valence-corrected chi connectivity index (χ2v) is 5.31. The topological polar surface area (TPSA) is 38.0 Å². The molecule has 5 heteroatoms. The van der Waals surface area contributed by atoms with Crippen molar-refractivity contribution in [3.8, 4) is 0 Å². The zero-order valence-corrected chi connectivity index (χ0v) is 12.3. The third-order valence-corrected chi connectivity index (χ3v) is 3.83. The van der Waals surface area contributed by atoms with Gasteiger partial charge < -0.3 is 11.1 Å². The van der Waals surface area contributed by atoms with Gasteiger partial charge in [-0.25, -0.2) is 0 Å². The van der Waals surface area contributed by atoms with Crippen LogP contribution in [0.1, 0.15) is 11.6 Å². The first-order valence-corrected chi connectivity index (χ1v) is 6.91. The van der Waals surface area contributed by atoms with Crippen molar-refractivity contribution < 1.29 is 0 Å². The Bertz CT molecular complexity index is 572. The van der Waals surface area contributed by atoms with Gasteiger partial charge in [-0.3, -0.25) is 0 Å². The van der Waals surface area contributed by atoms with E-state index in [0.29, 0.717) is 21.6 Å². The molecule has 0 bridgehead atoms. The maximum Gasteiger partial charge on any atom is 0.0651 e. The van der Waals surface area contributed by atoms with E-state index in [-0.39, 0.29) is 6.04 Å². The van der Waals surface area contributed by atoms with E-state index in [4.69, 9.17) is 40.5 Å². The number of hydrogen-bond donors (Lipinski definition) is 2. The highest BCUT2D eigenvalue weighted by Crippen LogP contribution is 2.31. The van der Waals surface area contributed by atoms with E-state index >= 15 is 0 Å². The summed E-state index contributed by atoms with van der Waals surface area (Å²) < 4.78 is 0. The Morgan fingerprint density at radius 3 is 2.47 bits per heavy atom. The van der Waals surface area contributed by atoms with Crippen LogP contribution in [0.25, 0.3) is 0 Å². The van der Waals surface area contributed by atoms with Crippen molar-refractivity contribution in [2.45, 2.75) is 6.04 Å². The van der Waals surface area contributed by atoms with E-state index < -0.39 is 0 Å². The minimum absolute atomic E-state index is 0.121. The fourth-order valence-electron chi connectivity index (χ4n) is 1.83. The summed E-state index contributed by atoms with van der Waals surface area (Å²) in [7, 11) is 0. The molecule has 0 aliphatic carbocycles. The lowest BCUT2D eigenvalue weighted by Gasteiger charge is -2.20. The lowest BCUT2D eigenvalue weighted by Crippen LogP contribution is -2.21. The Morgan fingerprint density at radius 1 is 1.05 bits per heavy atom. The molecule has 2 nitrogen and oxygen atoms in total. The van der Waals surface area contributed by atoms with Crippen LogP contribution in [0.2, 0.25) is 15.1 Å². The van der Waals surface area contributed by atoms with Gasteiger partial charge in [0, 0.05) is 17.3 Å². The molecule has 0 aliphatic heterocycles. The maximum absolute atomic E-state index is 6.21. The fraction of sp³-hybridized carbons (Fsp3) is 0.143. The maximum atomic E-state index is 6.21. The Morgan fingerprint density at radius 2 is 1.79 bits per heavy atom. The Hall–Kier alpha value is -0.930. The normalized spacial score (nSPS) is 12.2. The number of hydrogen-bond acceptors (Lipinski definition) is 2. The van der Waals surface area contributed by atoms with Gasteiger partial charge in [0.15, 0.2) is 0 Å². The molecule has 2 aromatic rings. The largest absolute Gasteiger partial charge is 0.377 e. The number of halogens is 3. The van der Waals surface area contributed by atoms with Crippen LogP contribution < -0.4 is 11.1 Å². The number of anilines is 1. The van der Waals surface area contributed by atoms with Crippen LogP contribution in [-0.2, 0) is 0 Å². The second kappa shape index (κ2) is 6.49. The molecule has 100 valence electrons. The van der Waals surface area contributed by atoms with E-state index in [2.05, 4.69) is 5.32 Å². The molecule has 0 heterocycles. The van der Waals surface area contributed by atoms with Crippen LogP contribution in [-0.4, -0.2) is 6.54 Å². The Balaban J connectivity index is 2.28. The predicted molar refractivity (Wildman–Crippen MR) is 83.3 cm³/mol. The lowest BCUT2D eigenvalue weighted by molar-refractivity contribution is 0.790. The minimum Gasteiger partial charge on any atom is -0.377 e. The van der Waals surface area contributed by atoms with Gasteiger partial charge in [0.05, 0.1) is 16.1 Å². The summed E-state index contributed by atoms with van der Waals surface area (Å²) in [5.74, 6) is 0. The smallest absolute Gasteiger partial charge is 0.0651 e. The molecular formula is C14H13Cl3N2. The van der Waals surface area contributed by atoms with Crippen molar-refractivity contribution in [2.24, 2.45) is 5.73 Å². The summed E-state index contributed by atoms with van der Waals surface area (Å²) in [6.45, 7) is 0.395. The first-order valence-electron chi connectivity index (χ1n) is 5.78. The summed E-state index contributed by atoms with van der Waals surface area (Å²) in [5.41, 5.74) is 7.57. The molecule has 19 heavy (non-hydrogen) atoms. The summed E-state index contributed by atoms with van der Waals surface area (Å²) in [6, 6.07) is 12.8. The van der Waals surface area contributed by atoms with Crippen LogP contribution in [0.3, 0.4) is 0 Å². The Kier molecular flexibility index (Phi) is 4.94. The van der Waals surface area contributed by atoms with Crippen molar-refractivity contribution in [2.75, 3.05) is 11.9 Å². The van der Waals surface area contributed by atoms with Crippen molar-refractivity contribution in [3.05, 3.63) is 63.1 Å². The number of rotatable bonds is 4. The molecule has 2 aromatic carbocycles. The summed E-state index contributed by atoms with van der Waals surface area (Å²) in [6.07, 6.45) is 0. The molecule has 3 N–H and O–H groups in total. The molecule has 0 radical (unpaired) electrons. The molecule has 0 aromatic heterocycles. The van der Waals surface area contributed by atoms with E-state index in [9.17, 15) is 0 Å². The number of nitrogens with one attached hydrogen (secondary N) is 1. The van der Waals surface area contributed by atoms with Gasteiger partial charge >= 0.3 is 0 Å². The first-order chi connectivity index (χ1) is 9.11. The van der Waals surface area contributed by atoms with Gasteiger partial charge in [-0.05, 0) is 29.8 Å². The minimum atomic E-state index is -0.121. The number of benzene rings is 2. The van der Waals surface area contributed by atoms with Gasteiger partial charge in [-0.1, -0.05) is 53.0 Å². The standard InChI is InChI=1S/C14H13Cl3N2/c15-9-3-1-4-10(7-9)19-13(8-18)11-5-2-6-12(16)14(11)17/h1-7,13,19H,8,18H2. The van der Waals surface area contributed by atoms with Crippen molar-refractivity contribution >= 4 is 40.5 Å². The molecule has 0 fully saturated rings. The molecular weight excluding hydrogens is 303 g/mol. The van der Waals surface area contributed by atoms with Gasteiger partial charge in [0.25, 0.3) is 0 Å². The van der Waals surface area contributed by atoms with Gasteiger partial charge in [0.1, 0.15) is 0 Å². The lowest BCUT2D eigenvalue weighted by atomic mass is 10.1. The van der Waals surface area contributed by atoms with E-state index in [1.54, 1.807) is 6.07 Å². The van der Waals surface area contributed by atoms with Gasteiger partial charge in [0.2, 0.25) is 0 Å². The average molecular weight is 316 g/mol. The first kappa shape index (κ1) is 14.5. The molecule has 0 amide bonds. The van der Waals surface area contributed by atoms with Gasteiger partial charge in [-0.2, -0.15) is 0 Å². The predicted octanol–water partition coefficient (Wildman–Crippen LogP) is 4.76. The van der Waals surface area contributed by atoms with Crippen molar-refractivity contribution in [1.29, 1.82) is 0 Å². The molecule has 1 atom stereocenters. The zero-order chi connectivity index (χ0) is 13.8. The SMILES string of the molecule is NCC(Nc1cccc(Cl)c1)c1cccc(Cl)c1Cl. The summed E-state index contributed by atoms with van der Waals surface area (Å²) in [5, 5.41) is 5.01. The summed E-state index contributed by atoms with van der Waals surface area (Å²) in [4.78, 5) is 0. The fourth-order valence-corrected chi connectivity index (χ4v) is 2.46. The van der Waals surface area contributed by atoms with Crippen LogP contribution >= 0.6 is 34.8 Å². The monoisotopic (exact) mass is 314 g/mol. The van der Waals surface area contributed by atoms with Crippen LogP contribution in [0.4, 0.5) is 5.69 Å². The van der Waals surface area contributed by atoms with Crippen LogP contribution in [0.15, 0.2) is 42.5 Å². The van der Waals surface area contributed by atoms with Crippen LogP contribution in [0, 0.1) is 0 Å². The van der Waals surface area contributed by atoms with Crippen molar-refractivity contribution in [3.63, 3.8) is 0 Å². The molecule has 0 saturated heterocycles. The van der Waals surface area contributed by atoms with E-state index in [1.807, 2.05) is 36.4 Å². The average Bonchev–Trinajstić information content (AvgIpc) is 2.40. The molecule has 2 rings (SSSR count). The molecule has 0 aliphatic rings. The van der Waals surface area contributed by atoms with Crippen LogP contribution in [0.5, 0.6) is 0 Å². The number of nitrogens with two attached hydrogens (primary N) is 1. The second-order valence-electron chi connectivity index (χ2n) is 4.09. The molecule has 0 saturated carbocycles. The van der Waals surface area contributed by atoms with Crippen molar-refractivity contribution in [1.82, 2.24) is 0 Å². The van der Waals surface area contributed by atoms with E-state index in [0.717, 1.165) is 11.3 Å². The third-order valence-electron chi connectivity index (χ3n) is 2.76. The highest BCUT2D eigenvalue weighted by atomic mass is 35.5. The highest BCUT2D eigenvalue weighted by molar-refractivity contribution is 6.42. The zero-order valence-electron chi connectivity index (χ0n) is 10.0. The molecule has 1 unspecified atom stereocenters. The summed E-state index contributed by atoms with van der Waals surface area (Å²) >= 11 is 18.2. The third kappa shape index (κ3) is 3.54. The quantitative estimate of drug-likeness (QED) is 0.853. The molecule has 0 spiro atoms. The highest BCUT2D eigenvalue weighted by Gasteiger charge is 2.14. The Labute approximate surface area is 127 Å². The van der Waals surface area contributed by atoms with E-state index in [1.165, 1.54) is 0 Å².